The van der Waals surface area contributed by atoms with Gasteiger partial charge in [0.05, 0.1) is 12.1 Å². The van der Waals surface area contributed by atoms with Gasteiger partial charge >= 0.3 is 0 Å². The minimum Gasteiger partial charge on any atom is -0.340 e. The second-order valence-electron chi connectivity index (χ2n) is 5.62. The van der Waals surface area contributed by atoms with Gasteiger partial charge < -0.3 is 9.88 Å². The van der Waals surface area contributed by atoms with E-state index in [-0.39, 0.29) is 0 Å². The summed E-state index contributed by atoms with van der Waals surface area (Å²) >= 11 is 0. The highest BCUT2D eigenvalue weighted by molar-refractivity contribution is 5.83. The quantitative estimate of drug-likeness (QED) is 0.780. The molecule has 1 aromatic carbocycles. The molecule has 21 heavy (non-hydrogen) atoms. The predicted molar refractivity (Wildman–Crippen MR) is 82.9 cm³/mol. The van der Waals surface area contributed by atoms with Gasteiger partial charge in [0.2, 0.25) is 0 Å². The molecule has 4 heteroatoms. The van der Waals surface area contributed by atoms with Gasteiger partial charge in [-0.05, 0) is 35.9 Å². The fraction of sp³-hybridized carbons (Fsp3) is 0.294. The lowest BCUT2D eigenvalue weighted by Crippen LogP contribution is -2.16. The number of benzene rings is 1. The first-order valence-corrected chi connectivity index (χ1v) is 7.46. The molecule has 106 valence electrons. The standard InChI is InChI=1S/C17H18N4/c1-3-13-7-10-21(12-16-18-8-2-9-19-16)17(13)14(4-1)11-20-15-5-6-15/h1-4,7-10,15,20H,5-6,11-12H2. The maximum Gasteiger partial charge on any atom is 0.147 e. The van der Waals surface area contributed by atoms with Gasteiger partial charge in [-0.3, -0.25) is 0 Å². The van der Waals surface area contributed by atoms with Crippen molar-refractivity contribution in [3.63, 3.8) is 0 Å². The lowest BCUT2D eigenvalue weighted by Gasteiger charge is -2.10. The Kier molecular flexibility index (Phi) is 3.16. The molecular formula is C17H18N4. The number of nitrogens with zero attached hydrogens (tertiary/aromatic N) is 3. The molecule has 1 fully saturated rings. The molecular weight excluding hydrogens is 260 g/mol. The molecule has 0 amide bonds. The van der Waals surface area contributed by atoms with E-state index in [0.717, 1.165) is 18.4 Å². The van der Waals surface area contributed by atoms with Gasteiger partial charge in [0, 0.05) is 31.2 Å². The maximum absolute atomic E-state index is 4.33. The zero-order chi connectivity index (χ0) is 14.1. The Morgan fingerprint density at radius 1 is 1.10 bits per heavy atom. The van der Waals surface area contributed by atoms with Gasteiger partial charge in [0.25, 0.3) is 0 Å². The van der Waals surface area contributed by atoms with Gasteiger partial charge in [-0.1, -0.05) is 18.2 Å². The van der Waals surface area contributed by atoms with Crippen LogP contribution >= 0.6 is 0 Å². The molecule has 0 radical (unpaired) electrons. The van der Waals surface area contributed by atoms with Crippen LogP contribution in [0.3, 0.4) is 0 Å². The van der Waals surface area contributed by atoms with Gasteiger partial charge in [0.1, 0.15) is 5.82 Å². The summed E-state index contributed by atoms with van der Waals surface area (Å²) in [6, 6.07) is 11.2. The fourth-order valence-corrected chi connectivity index (χ4v) is 2.72. The van der Waals surface area contributed by atoms with E-state index in [4.69, 9.17) is 0 Å². The SMILES string of the molecule is c1cnc(Cn2ccc3cccc(CNC4CC4)c32)nc1. The Balaban J connectivity index is 1.67. The van der Waals surface area contributed by atoms with Crippen LogP contribution in [-0.2, 0) is 13.1 Å². The number of fused-ring (bicyclic) bond motifs is 1. The average molecular weight is 278 g/mol. The second-order valence-corrected chi connectivity index (χ2v) is 5.62. The predicted octanol–water partition coefficient (Wildman–Crippen LogP) is 2.73. The first-order chi connectivity index (χ1) is 10.4. The first-order valence-electron chi connectivity index (χ1n) is 7.46. The Bertz CT molecular complexity index is 744. The molecule has 0 saturated heterocycles. The van der Waals surface area contributed by atoms with Gasteiger partial charge in [-0.2, -0.15) is 0 Å². The van der Waals surface area contributed by atoms with Crippen LogP contribution in [0.5, 0.6) is 0 Å². The van der Waals surface area contributed by atoms with Crippen molar-refractivity contribution in [3.8, 4) is 0 Å². The third-order valence-corrected chi connectivity index (χ3v) is 3.96. The Morgan fingerprint density at radius 3 is 2.76 bits per heavy atom. The average Bonchev–Trinajstić information content (AvgIpc) is 3.27. The van der Waals surface area contributed by atoms with Gasteiger partial charge in [-0.25, -0.2) is 9.97 Å². The van der Waals surface area contributed by atoms with E-state index in [1.807, 2.05) is 6.07 Å². The molecule has 1 aliphatic rings. The van der Waals surface area contributed by atoms with Crippen LogP contribution in [0.4, 0.5) is 0 Å². The summed E-state index contributed by atoms with van der Waals surface area (Å²) in [5, 5.41) is 4.88. The highest BCUT2D eigenvalue weighted by Gasteiger charge is 2.20. The largest absolute Gasteiger partial charge is 0.340 e. The molecule has 2 aromatic heterocycles. The summed E-state index contributed by atoms with van der Waals surface area (Å²) in [5.41, 5.74) is 2.64. The molecule has 1 aliphatic carbocycles. The molecule has 4 rings (SSSR count). The number of aromatic nitrogens is 3. The van der Waals surface area contributed by atoms with Crippen LogP contribution in [0.25, 0.3) is 10.9 Å². The summed E-state index contributed by atoms with van der Waals surface area (Å²) < 4.78 is 2.24. The zero-order valence-corrected chi connectivity index (χ0v) is 11.9. The number of nitrogens with one attached hydrogen (secondary N) is 1. The molecule has 1 saturated carbocycles. The summed E-state index contributed by atoms with van der Waals surface area (Å²) in [6.07, 6.45) is 8.35. The van der Waals surface area contributed by atoms with E-state index >= 15 is 0 Å². The van der Waals surface area contributed by atoms with E-state index in [9.17, 15) is 0 Å². The highest BCUT2D eigenvalue weighted by Crippen LogP contribution is 2.23. The third-order valence-electron chi connectivity index (χ3n) is 3.96. The summed E-state index contributed by atoms with van der Waals surface area (Å²) in [5.74, 6) is 0.847. The summed E-state index contributed by atoms with van der Waals surface area (Å²) in [4.78, 5) is 8.65. The van der Waals surface area contributed by atoms with Crippen molar-refractivity contribution in [2.45, 2.75) is 32.0 Å². The minimum absolute atomic E-state index is 0.713. The van der Waals surface area contributed by atoms with Crippen LogP contribution in [0.2, 0.25) is 0 Å². The van der Waals surface area contributed by atoms with E-state index in [2.05, 4.69) is 50.3 Å². The molecule has 0 unspecified atom stereocenters. The van der Waals surface area contributed by atoms with Crippen molar-refractivity contribution in [2.75, 3.05) is 0 Å². The van der Waals surface area contributed by atoms with Crippen LogP contribution in [-0.4, -0.2) is 20.6 Å². The Labute approximate surface area is 123 Å². The minimum atomic E-state index is 0.713. The van der Waals surface area contributed by atoms with Crippen LogP contribution in [0.1, 0.15) is 24.2 Å². The van der Waals surface area contributed by atoms with Gasteiger partial charge in [-0.15, -0.1) is 0 Å². The fourth-order valence-electron chi connectivity index (χ4n) is 2.72. The number of hydrogen-bond acceptors (Lipinski definition) is 3. The van der Waals surface area contributed by atoms with Crippen LogP contribution in [0.15, 0.2) is 48.9 Å². The third kappa shape index (κ3) is 2.67. The first kappa shape index (κ1) is 12.5. The van der Waals surface area contributed by atoms with Crippen molar-refractivity contribution in [3.05, 3.63) is 60.3 Å². The van der Waals surface area contributed by atoms with Crippen LogP contribution in [0, 0.1) is 0 Å². The van der Waals surface area contributed by atoms with E-state index in [1.165, 1.54) is 29.3 Å². The Morgan fingerprint density at radius 2 is 1.95 bits per heavy atom. The van der Waals surface area contributed by atoms with Gasteiger partial charge in [0.15, 0.2) is 0 Å². The molecule has 2 heterocycles. The van der Waals surface area contributed by atoms with Crippen molar-refractivity contribution < 1.29 is 0 Å². The molecule has 0 aliphatic heterocycles. The summed E-state index contributed by atoms with van der Waals surface area (Å²) in [6.45, 7) is 1.65. The lowest BCUT2D eigenvalue weighted by atomic mass is 10.1. The lowest BCUT2D eigenvalue weighted by molar-refractivity contribution is 0.685. The van der Waals surface area contributed by atoms with Crippen molar-refractivity contribution in [1.82, 2.24) is 19.9 Å². The maximum atomic E-state index is 4.33. The normalized spacial score (nSPS) is 14.7. The highest BCUT2D eigenvalue weighted by atomic mass is 15.0. The van der Waals surface area contributed by atoms with E-state index in [1.54, 1.807) is 12.4 Å². The second kappa shape index (κ2) is 5.30. The van der Waals surface area contributed by atoms with Crippen molar-refractivity contribution in [1.29, 1.82) is 0 Å². The zero-order valence-electron chi connectivity index (χ0n) is 11.9. The number of hydrogen-bond donors (Lipinski definition) is 1. The molecule has 4 nitrogen and oxygen atoms in total. The summed E-state index contributed by atoms with van der Waals surface area (Å²) in [7, 11) is 0. The molecule has 0 bridgehead atoms. The number of para-hydroxylation sites is 1. The Hall–Kier alpha value is -2.20. The molecule has 1 N–H and O–H groups in total. The monoisotopic (exact) mass is 278 g/mol. The molecule has 0 atom stereocenters. The van der Waals surface area contributed by atoms with E-state index < -0.39 is 0 Å². The van der Waals surface area contributed by atoms with Crippen molar-refractivity contribution >= 4 is 10.9 Å². The molecule has 0 spiro atoms. The van der Waals surface area contributed by atoms with E-state index in [0.29, 0.717) is 6.54 Å². The molecule has 3 aromatic rings. The topological polar surface area (TPSA) is 42.7 Å². The van der Waals surface area contributed by atoms with Crippen LogP contribution < -0.4 is 5.32 Å². The number of rotatable bonds is 5. The smallest absolute Gasteiger partial charge is 0.147 e. The van der Waals surface area contributed by atoms with Crippen molar-refractivity contribution in [2.24, 2.45) is 0 Å².